The highest BCUT2D eigenvalue weighted by molar-refractivity contribution is 5.87. The second-order valence-corrected chi connectivity index (χ2v) is 5.55. The van der Waals surface area contributed by atoms with Crippen LogP contribution >= 0.6 is 0 Å². The van der Waals surface area contributed by atoms with Crippen LogP contribution < -0.4 is 5.63 Å². The second-order valence-electron chi connectivity index (χ2n) is 5.55. The van der Waals surface area contributed by atoms with Gasteiger partial charge in [-0.25, -0.2) is 4.79 Å². The number of benzene rings is 1. The fourth-order valence-corrected chi connectivity index (χ4v) is 3.74. The number of phenols is 2. The minimum absolute atomic E-state index is 0.164. The zero-order chi connectivity index (χ0) is 13.1. The van der Waals surface area contributed by atoms with Crippen molar-refractivity contribution < 1.29 is 14.6 Å². The summed E-state index contributed by atoms with van der Waals surface area (Å²) >= 11 is 0. The van der Waals surface area contributed by atoms with Crippen LogP contribution in [0.3, 0.4) is 0 Å². The Labute approximate surface area is 109 Å². The van der Waals surface area contributed by atoms with Gasteiger partial charge in [-0.2, -0.15) is 0 Å². The third-order valence-electron chi connectivity index (χ3n) is 4.59. The van der Waals surface area contributed by atoms with Crippen molar-refractivity contribution in [3.63, 3.8) is 0 Å². The van der Waals surface area contributed by atoms with E-state index in [1.165, 1.54) is 25.0 Å². The van der Waals surface area contributed by atoms with Crippen LogP contribution in [0.2, 0.25) is 0 Å². The standard InChI is InChI=1S/C15H14O4/c16-10-5-9-12(6-11(10)17)19-15(18)14-8-4-2-1-3-7(8)13(9)14/h5-8,16-17H,1-4H2. The molecule has 98 valence electrons. The Hall–Kier alpha value is -1.97. The SMILES string of the molecule is O=c1oc2cc(O)c(O)cc2c2c1C1CCCCC21. The molecule has 2 aromatic rings. The van der Waals surface area contributed by atoms with Crippen molar-refractivity contribution in [1.82, 2.24) is 0 Å². The van der Waals surface area contributed by atoms with E-state index in [1.54, 1.807) is 0 Å². The van der Waals surface area contributed by atoms with Crippen molar-refractivity contribution in [2.75, 3.05) is 0 Å². The fraction of sp³-hybridized carbons (Fsp3) is 0.400. The summed E-state index contributed by atoms with van der Waals surface area (Å²) in [5, 5.41) is 19.9. The van der Waals surface area contributed by atoms with Gasteiger partial charge < -0.3 is 14.6 Å². The largest absolute Gasteiger partial charge is 0.504 e. The average molecular weight is 258 g/mol. The van der Waals surface area contributed by atoms with Gasteiger partial charge in [0.1, 0.15) is 5.58 Å². The lowest BCUT2D eigenvalue weighted by Gasteiger charge is -2.42. The zero-order valence-electron chi connectivity index (χ0n) is 10.3. The predicted molar refractivity (Wildman–Crippen MR) is 69.8 cm³/mol. The number of rotatable bonds is 0. The minimum Gasteiger partial charge on any atom is -0.504 e. The summed E-state index contributed by atoms with van der Waals surface area (Å²) in [4.78, 5) is 12.0. The Kier molecular flexibility index (Phi) is 2.03. The molecular formula is C15H14O4. The first-order valence-corrected chi connectivity index (χ1v) is 6.69. The van der Waals surface area contributed by atoms with Crippen molar-refractivity contribution in [3.8, 4) is 11.5 Å². The molecule has 2 aliphatic rings. The lowest BCUT2D eigenvalue weighted by molar-refractivity contribution is 0.328. The van der Waals surface area contributed by atoms with Gasteiger partial charge in [0.15, 0.2) is 11.5 Å². The molecule has 2 unspecified atom stereocenters. The van der Waals surface area contributed by atoms with Gasteiger partial charge in [0.2, 0.25) is 0 Å². The highest BCUT2D eigenvalue weighted by Crippen LogP contribution is 2.55. The Balaban J connectivity index is 2.06. The summed E-state index contributed by atoms with van der Waals surface area (Å²) in [7, 11) is 0. The molecule has 1 aromatic heterocycles. The van der Waals surface area contributed by atoms with Crippen LogP contribution in [0.5, 0.6) is 11.5 Å². The van der Waals surface area contributed by atoms with Crippen molar-refractivity contribution in [2.45, 2.75) is 37.5 Å². The van der Waals surface area contributed by atoms with Crippen LogP contribution in [-0.4, -0.2) is 10.2 Å². The van der Waals surface area contributed by atoms with E-state index in [9.17, 15) is 15.0 Å². The summed E-state index contributed by atoms with van der Waals surface area (Å²) in [6, 6.07) is 2.83. The van der Waals surface area contributed by atoms with Gasteiger partial charge in [-0.1, -0.05) is 12.8 Å². The van der Waals surface area contributed by atoms with E-state index in [2.05, 4.69) is 0 Å². The molecular weight excluding hydrogens is 244 g/mol. The van der Waals surface area contributed by atoms with E-state index in [0.717, 1.165) is 29.4 Å². The highest BCUT2D eigenvalue weighted by Gasteiger charge is 2.43. The number of hydrogen-bond donors (Lipinski definition) is 2. The van der Waals surface area contributed by atoms with Crippen LogP contribution in [0.1, 0.15) is 48.6 Å². The topological polar surface area (TPSA) is 70.7 Å². The molecule has 4 rings (SSSR count). The number of phenolic OH excluding ortho intramolecular Hbond substituents is 2. The van der Waals surface area contributed by atoms with E-state index in [-0.39, 0.29) is 17.1 Å². The Morgan fingerprint density at radius 3 is 2.37 bits per heavy atom. The van der Waals surface area contributed by atoms with Crippen LogP contribution in [0.15, 0.2) is 21.3 Å². The smallest absolute Gasteiger partial charge is 0.340 e. The van der Waals surface area contributed by atoms with Crippen molar-refractivity contribution >= 4 is 11.0 Å². The lowest BCUT2D eigenvalue weighted by Crippen LogP contribution is -2.33. The van der Waals surface area contributed by atoms with Gasteiger partial charge in [-0.05, 0) is 36.3 Å². The van der Waals surface area contributed by atoms with Crippen LogP contribution in [-0.2, 0) is 0 Å². The maximum Gasteiger partial charge on any atom is 0.340 e. The Morgan fingerprint density at radius 2 is 1.63 bits per heavy atom. The zero-order valence-corrected chi connectivity index (χ0v) is 10.3. The van der Waals surface area contributed by atoms with Gasteiger partial charge in [0.05, 0.1) is 0 Å². The molecule has 4 nitrogen and oxygen atoms in total. The Morgan fingerprint density at radius 1 is 1.00 bits per heavy atom. The summed E-state index contributed by atoms with van der Waals surface area (Å²) in [6.45, 7) is 0. The van der Waals surface area contributed by atoms with E-state index in [0.29, 0.717) is 17.4 Å². The first kappa shape index (κ1) is 10.9. The summed E-state index contributed by atoms with van der Waals surface area (Å²) in [5.41, 5.74) is 1.91. The normalized spacial score (nSPS) is 24.6. The number of hydrogen-bond acceptors (Lipinski definition) is 4. The van der Waals surface area contributed by atoms with Crippen molar-refractivity contribution in [3.05, 3.63) is 33.7 Å². The molecule has 0 saturated heterocycles. The van der Waals surface area contributed by atoms with E-state index in [4.69, 9.17) is 4.42 Å². The molecule has 0 spiro atoms. The summed E-state index contributed by atoms with van der Waals surface area (Å²) < 4.78 is 5.28. The molecule has 2 atom stereocenters. The number of fused-ring (bicyclic) bond motifs is 6. The first-order valence-electron chi connectivity index (χ1n) is 6.69. The van der Waals surface area contributed by atoms with Crippen molar-refractivity contribution in [1.29, 1.82) is 0 Å². The molecule has 1 saturated carbocycles. The Bertz CT molecular complexity index is 744. The van der Waals surface area contributed by atoms with E-state index in [1.807, 2.05) is 0 Å². The molecule has 1 heterocycles. The maximum absolute atomic E-state index is 12.0. The molecule has 0 bridgehead atoms. The third-order valence-corrected chi connectivity index (χ3v) is 4.59. The fourth-order valence-electron chi connectivity index (χ4n) is 3.74. The molecule has 1 fully saturated rings. The van der Waals surface area contributed by atoms with Gasteiger partial charge in [-0.15, -0.1) is 0 Å². The molecule has 1 aromatic carbocycles. The van der Waals surface area contributed by atoms with Crippen molar-refractivity contribution in [2.24, 2.45) is 0 Å². The van der Waals surface area contributed by atoms with E-state index >= 15 is 0 Å². The highest BCUT2D eigenvalue weighted by atomic mass is 16.4. The second kappa shape index (κ2) is 3.53. The molecule has 4 heteroatoms. The lowest BCUT2D eigenvalue weighted by atomic mass is 9.61. The van der Waals surface area contributed by atoms with Gasteiger partial charge in [-0.3, -0.25) is 0 Å². The van der Waals surface area contributed by atoms with Gasteiger partial charge >= 0.3 is 5.63 Å². The molecule has 19 heavy (non-hydrogen) atoms. The van der Waals surface area contributed by atoms with Gasteiger partial charge in [0.25, 0.3) is 0 Å². The summed E-state index contributed by atoms with van der Waals surface area (Å²) in [5.74, 6) is 0.331. The minimum atomic E-state index is -0.282. The molecule has 2 N–H and O–H groups in total. The van der Waals surface area contributed by atoms with Crippen LogP contribution in [0.4, 0.5) is 0 Å². The predicted octanol–water partition coefficient (Wildman–Crippen LogP) is 2.96. The summed E-state index contributed by atoms with van der Waals surface area (Å²) in [6.07, 6.45) is 4.50. The molecule has 0 radical (unpaired) electrons. The quantitative estimate of drug-likeness (QED) is 0.563. The first-order chi connectivity index (χ1) is 9.16. The molecule has 0 aliphatic heterocycles. The third kappa shape index (κ3) is 1.31. The van der Waals surface area contributed by atoms with Crippen LogP contribution in [0, 0.1) is 0 Å². The van der Waals surface area contributed by atoms with E-state index < -0.39 is 0 Å². The molecule has 2 aliphatic carbocycles. The average Bonchev–Trinajstić information content (AvgIpc) is 2.36. The molecule has 0 amide bonds. The number of aromatic hydroxyl groups is 2. The monoisotopic (exact) mass is 258 g/mol. The van der Waals surface area contributed by atoms with Gasteiger partial charge in [0, 0.05) is 17.0 Å². The van der Waals surface area contributed by atoms with Crippen LogP contribution in [0.25, 0.3) is 11.0 Å². The maximum atomic E-state index is 12.0.